The number of hydrogen-bond donors (Lipinski definition) is 1. The van der Waals surface area contributed by atoms with E-state index in [4.69, 9.17) is 0 Å². The van der Waals surface area contributed by atoms with E-state index in [0.29, 0.717) is 6.54 Å². The van der Waals surface area contributed by atoms with Crippen molar-refractivity contribution >= 4 is 11.6 Å². The molecule has 2 rings (SSSR count). The zero-order chi connectivity index (χ0) is 15.6. The Labute approximate surface area is 125 Å². The van der Waals surface area contributed by atoms with Crippen LogP contribution in [0.2, 0.25) is 0 Å². The molecule has 0 aliphatic carbocycles. The number of carbonyl (C=O) groups excluding carboxylic acids is 1. The Bertz CT molecular complexity index is 519. The summed E-state index contributed by atoms with van der Waals surface area (Å²) in [6.07, 6.45) is 1.75. The maximum absolute atomic E-state index is 14.2. The first-order chi connectivity index (χ1) is 9.93. The Kier molecular flexibility index (Phi) is 4.83. The third-order valence-corrected chi connectivity index (χ3v) is 4.20. The molecule has 2 unspecified atom stereocenters. The maximum atomic E-state index is 14.2. The van der Waals surface area contributed by atoms with Crippen LogP contribution in [0.4, 0.5) is 10.1 Å². The average molecular weight is 294 g/mol. The van der Waals surface area contributed by atoms with Crippen LogP contribution in [0, 0.1) is 11.7 Å². The lowest BCUT2D eigenvalue weighted by Crippen LogP contribution is -2.46. The number of likely N-dealkylation sites (tertiary alicyclic amines) is 1. The third-order valence-electron chi connectivity index (χ3n) is 4.20. The van der Waals surface area contributed by atoms with E-state index < -0.39 is 5.82 Å². The SMILES string of the molecule is CC1CCC(CO)CN1C(=O)c1ccc(N(C)C)cc1F. The fraction of sp³-hybridized carbons (Fsp3) is 0.562. The summed E-state index contributed by atoms with van der Waals surface area (Å²) in [5.41, 5.74) is 0.829. The molecule has 1 aliphatic heterocycles. The van der Waals surface area contributed by atoms with Gasteiger partial charge in [-0.3, -0.25) is 4.79 Å². The van der Waals surface area contributed by atoms with Crippen molar-refractivity contribution in [1.29, 1.82) is 0 Å². The monoisotopic (exact) mass is 294 g/mol. The second kappa shape index (κ2) is 6.43. The molecule has 1 heterocycles. The lowest BCUT2D eigenvalue weighted by molar-refractivity contribution is 0.0484. The predicted octanol–water partition coefficient (Wildman–Crippen LogP) is 2.12. The van der Waals surface area contributed by atoms with Gasteiger partial charge in [-0.25, -0.2) is 4.39 Å². The highest BCUT2D eigenvalue weighted by Crippen LogP contribution is 2.25. The van der Waals surface area contributed by atoms with Crippen molar-refractivity contribution in [3.63, 3.8) is 0 Å². The van der Waals surface area contributed by atoms with Crippen LogP contribution in [0.25, 0.3) is 0 Å². The van der Waals surface area contributed by atoms with Crippen molar-refractivity contribution in [2.45, 2.75) is 25.8 Å². The van der Waals surface area contributed by atoms with Crippen LogP contribution in [0.5, 0.6) is 0 Å². The van der Waals surface area contributed by atoms with E-state index in [1.54, 1.807) is 21.9 Å². The second-order valence-corrected chi connectivity index (χ2v) is 5.99. The molecule has 4 nitrogen and oxygen atoms in total. The van der Waals surface area contributed by atoms with Crippen LogP contribution in [0.15, 0.2) is 18.2 Å². The van der Waals surface area contributed by atoms with Crippen molar-refractivity contribution in [2.75, 3.05) is 32.1 Å². The minimum atomic E-state index is -0.496. The highest BCUT2D eigenvalue weighted by molar-refractivity contribution is 5.95. The van der Waals surface area contributed by atoms with Crippen LogP contribution in [0.1, 0.15) is 30.1 Å². The Balaban J connectivity index is 2.22. The summed E-state index contributed by atoms with van der Waals surface area (Å²) >= 11 is 0. The Hall–Kier alpha value is -1.62. The average Bonchev–Trinajstić information content (AvgIpc) is 2.47. The van der Waals surface area contributed by atoms with E-state index in [2.05, 4.69) is 0 Å². The van der Waals surface area contributed by atoms with E-state index in [9.17, 15) is 14.3 Å². The number of halogens is 1. The number of aliphatic hydroxyl groups is 1. The van der Waals surface area contributed by atoms with Gasteiger partial charge in [-0.15, -0.1) is 0 Å². The fourth-order valence-electron chi connectivity index (χ4n) is 2.72. The molecule has 2 atom stereocenters. The standard InChI is InChI=1S/C16H23FN2O2/c1-11-4-5-12(10-20)9-19(11)16(21)14-7-6-13(18(2)3)8-15(14)17/h6-8,11-12,20H,4-5,9-10H2,1-3H3. The summed E-state index contributed by atoms with van der Waals surface area (Å²) in [4.78, 5) is 16.0. The molecule has 0 saturated carbocycles. The molecule has 21 heavy (non-hydrogen) atoms. The smallest absolute Gasteiger partial charge is 0.257 e. The molecule has 1 saturated heterocycles. The van der Waals surface area contributed by atoms with Gasteiger partial charge < -0.3 is 14.9 Å². The number of rotatable bonds is 3. The van der Waals surface area contributed by atoms with Crippen LogP contribution >= 0.6 is 0 Å². The van der Waals surface area contributed by atoms with Crippen molar-refractivity contribution in [1.82, 2.24) is 4.90 Å². The highest BCUT2D eigenvalue weighted by Gasteiger charge is 2.30. The molecule has 1 amide bonds. The summed E-state index contributed by atoms with van der Waals surface area (Å²) in [5.74, 6) is -0.692. The van der Waals surface area contributed by atoms with Gasteiger partial charge in [0.15, 0.2) is 0 Å². The molecular weight excluding hydrogens is 271 g/mol. The van der Waals surface area contributed by atoms with Crippen LogP contribution in [-0.4, -0.2) is 49.2 Å². The normalized spacial score (nSPS) is 22.2. The number of aliphatic hydroxyl groups excluding tert-OH is 1. The first-order valence-corrected chi connectivity index (χ1v) is 7.32. The van der Waals surface area contributed by atoms with Gasteiger partial charge >= 0.3 is 0 Å². The second-order valence-electron chi connectivity index (χ2n) is 5.99. The van der Waals surface area contributed by atoms with Crippen molar-refractivity contribution in [2.24, 2.45) is 5.92 Å². The molecule has 116 valence electrons. The quantitative estimate of drug-likeness (QED) is 0.928. The van der Waals surface area contributed by atoms with E-state index in [0.717, 1.165) is 18.5 Å². The van der Waals surface area contributed by atoms with Gasteiger partial charge in [-0.1, -0.05) is 0 Å². The summed E-state index contributed by atoms with van der Waals surface area (Å²) in [5, 5.41) is 9.28. The van der Waals surface area contributed by atoms with Crippen molar-refractivity contribution < 1.29 is 14.3 Å². The third kappa shape index (κ3) is 3.35. The van der Waals surface area contributed by atoms with E-state index >= 15 is 0 Å². The van der Waals surface area contributed by atoms with Crippen molar-refractivity contribution in [3.8, 4) is 0 Å². The number of benzene rings is 1. The maximum Gasteiger partial charge on any atom is 0.257 e. The topological polar surface area (TPSA) is 43.8 Å². The number of amides is 1. The lowest BCUT2D eigenvalue weighted by Gasteiger charge is -2.37. The van der Waals surface area contributed by atoms with Gasteiger partial charge in [0.25, 0.3) is 5.91 Å². The Morgan fingerprint density at radius 3 is 2.71 bits per heavy atom. The summed E-state index contributed by atoms with van der Waals surface area (Å²) in [6, 6.07) is 4.75. The largest absolute Gasteiger partial charge is 0.396 e. The van der Waals surface area contributed by atoms with Gasteiger partial charge in [0.1, 0.15) is 5.82 Å². The highest BCUT2D eigenvalue weighted by atomic mass is 19.1. The minimum absolute atomic E-state index is 0.0680. The van der Waals surface area contributed by atoms with Gasteiger partial charge in [-0.05, 0) is 43.9 Å². The zero-order valence-electron chi connectivity index (χ0n) is 12.8. The molecule has 1 fully saturated rings. The molecule has 0 spiro atoms. The molecule has 1 aromatic carbocycles. The van der Waals surface area contributed by atoms with Crippen molar-refractivity contribution in [3.05, 3.63) is 29.6 Å². The van der Waals surface area contributed by atoms with E-state index in [1.807, 2.05) is 21.0 Å². The number of anilines is 1. The Morgan fingerprint density at radius 1 is 1.43 bits per heavy atom. The van der Waals surface area contributed by atoms with Gasteiger partial charge in [0.05, 0.1) is 5.56 Å². The molecule has 1 aromatic rings. The summed E-state index contributed by atoms with van der Waals surface area (Å²) in [7, 11) is 3.66. The zero-order valence-corrected chi connectivity index (χ0v) is 12.8. The molecule has 0 aromatic heterocycles. The number of nitrogens with zero attached hydrogens (tertiary/aromatic N) is 2. The van der Waals surface area contributed by atoms with Crippen LogP contribution in [0.3, 0.4) is 0 Å². The molecule has 0 bridgehead atoms. The lowest BCUT2D eigenvalue weighted by atomic mass is 9.93. The van der Waals surface area contributed by atoms with Gasteiger partial charge in [0.2, 0.25) is 0 Å². The molecular formula is C16H23FN2O2. The van der Waals surface area contributed by atoms with Crippen LogP contribution < -0.4 is 4.90 Å². The predicted molar refractivity (Wildman–Crippen MR) is 81.0 cm³/mol. The van der Waals surface area contributed by atoms with E-state index in [-0.39, 0.29) is 30.0 Å². The van der Waals surface area contributed by atoms with E-state index in [1.165, 1.54) is 6.07 Å². The first kappa shape index (κ1) is 15.8. The molecule has 1 aliphatic rings. The number of piperidine rings is 1. The number of carbonyl (C=O) groups is 1. The minimum Gasteiger partial charge on any atom is -0.396 e. The summed E-state index contributed by atoms with van der Waals surface area (Å²) < 4.78 is 14.2. The molecule has 1 N–H and O–H groups in total. The number of hydrogen-bond acceptors (Lipinski definition) is 3. The molecule has 0 radical (unpaired) electrons. The summed E-state index contributed by atoms with van der Waals surface area (Å²) in [6.45, 7) is 2.53. The molecule has 5 heteroatoms. The fourth-order valence-corrected chi connectivity index (χ4v) is 2.72. The first-order valence-electron chi connectivity index (χ1n) is 7.32. The Morgan fingerprint density at radius 2 is 2.14 bits per heavy atom. The van der Waals surface area contributed by atoms with Gasteiger partial charge in [-0.2, -0.15) is 0 Å². The van der Waals surface area contributed by atoms with Crippen LogP contribution in [-0.2, 0) is 0 Å². The van der Waals surface area contributed by atoms with Gasteiger partial charge in [0, 0.05) is 39.0 Å².